The Bertz CT molecular complexity index is 885. The minimum atomic E-state index is -0.253. The highest BCUT2D eigenvalue weighted by molar-refractivity contribution is 6.01. The van der Waals surface area contributed by atoms with Crippen LogP contribution in [0.5, 0.6) is 11.5 Å². The van der Waals surface area contributed by atoms with Crippen molar-refractivity contribution in [2.24, 2.45) is 5.10 Å². The zero-order valence-electron chi connectivity index (χ0n) is 18.3. The summed E-state index contributed by atoms with van der Waals surface area (Å²) in [5.41, 5.74) is 6.02. The molecule has 1 aliphatic heterocycles. The fourth-order valence-electron chi connectivity index (χ4n) is 3.53. The molecule has 2 aromatic carbocycles. The maximum atomic E-state index is 12.4. The number of benzene rings is 2. The van der Waals surface area contributed by atoms with Gasteiger partial charge in [-0.3, -0.25) is 9.69 Å². The first-order chi connectivity index (χ1) is 14.5. The Morgan fingerprint density at radius 2 is 1.77 bits per heavy atom. The quantitative estimate of drug-likeness (QED) is 0.523. The highest BCUT2D eigenvalue weighted by Crippen LogP contribution is 2.24. The summed E-state index contributed by atoms with van der Waals surface area (Å²) in [6.07, 6.45) is 2.59. The second-order valence-electron chi connectivity index (χ2n) is 7.84. The monoisotopic (exact) mass is 409 g/mol. The maximum Gasteiger partial charge on any atom is 0.271 e. The van der Waals surface area contributed by atoms with E-state index in [1.54, 1.807) is 31.4 Å². The number of carbonyl (C=O) groups is 1. The standard InChI is InChI=1S/C24H31N3O3/c1-17(2)30-22-10-7-19(8-11-22)24(28)26-25-18(3)20-9-12-23(29-4)21(15-20)16-27-13-5-6-14-27/h7-12,15,17H,5-6,13-14,16H2,1-4H3,(H,26,28)/b25-18-. The molecule has 1 fully saturated rings. The normalized spacial score (nSPS) is 14.8. The van der Waals surface area contributed by atoms with E-state index in [9.17, 15) is 4.79 Å². The number of ether oxygens (including phenoxy) is 2. The lowest BCUT2D eigenvalue weighted by molar-refractivity contribution is 0.0955. The van der Waals surface area contributed by atoms with Crippen LogP contribution >= 0.6 is 0 Å². The number of carbonyl (C=O) groups excluding carboxylic acids is 1. The van der Waals surface area contributed by atoms with Gasteiger partial charge in [0.2, 0.25) is 0 Å². The van der Waals surface area contributed by atoms with Crippen LogP contribution in [0.4, 0.5) is 0 Å². The first kappa shape index (κ1) is 21.8. The van der Waals surface area contributed by atoms with Gasteiger partial charge in [-0.05, 0) is 94.7 Å². The number of nitrogens with zero attached hydrogens (tertiary/aromatic N) is 2. The van der Waals surface area contributed by atoms with E-state index in [4.69, 9.17) is 9.47 Å². The molecule has 0 saturated carbocycles. The zero-order valence-corrected chi connectivity index (χ0v) is 18.3. The van der Waals surface area contributed by atoms with Crippen molar-refractivity contribution in [3.05, 3.63) is 59.2 Å². The second kappa shape index (κ2) is 10.3. The Morgan fingerprint density at radius 1 is 1.10 bits per heavy atom. The highest BCUT2D eigenvalue weighted by atomic mass is 16.5. The first-order valence-corrected chi connectivity index (χ1v) is 10.5. The molecule has 1 N–H and O–H groups in total. The molecule has 1 amide bonds. The molecule has 1 aliphatic rings. The fraction of sp³-hybridized carbons (Fsp3) is 0.417. The summed E-state index contributed by atoms with van der Waals surface area (Å²) in [4.78, 5) is 14.9. The Labute approximate surface area is 178 Å². The summed E-state index contributed by atoms with van der Waals surface area (Å²) in [5, 5.41) is 4.30. The van der Waals surface area contributed by atoms with E-state index in [2.05, 4.69) is 21.5 Å². The third kappa shape index (κ3) is 5.83. The molecule has 0 aromatic heterocycles. The number of likely N-dealkylation sites (tertiary alicyclic amines) is 1. The predicted octanol–water partition coefficient (Wildman–Crippen LogP) is 4.23. The van der Waals surface area contributed by atoms with Crippen LogP contribution in [0.25, 0.3) is 0 Å². The third-order valence-corrected chi connectivity index (χ3v) is 5.10. The largest absolute Gasteiger partial charge is 0.496 e. The van der Waals surface area contributed by atoms with Crippen molar-refractivity contribution in [3.63, 3.8) is 0 Å². The topological polar surface area (TPSA) is 63.2 Å². The van der Waals surface area contributed by atoms with E-state index in [1.165, 1.54) is 12.8 Å². The van der Waals surface area contributed by atoms with Crippen molar-refractivity contribution in [1.82, 2.24) is 10.3 Å². The highest BCUT2D eigenvalue weighted by Gasteiger charge is 2.15. The van der Waals surface area contributed by atoms with E-state index in [0.29, 0.717) is 5.56 Å². The lowest BCUT2D eigenvalue weighted by Crippen LogP contribution is -2.20. The van der Waals surface area contributed by atoms with Gasteiger partial charge in [0.25, 0.3) is 5.91 Å². The second-order valence-corrected chi connectivity index (χ2v) is 7.84. The summed E-state index contributed by atoms with van der Waals surface area (Å²) in [7, 11) is 1.70. The number of rotatable bonds is 8. The summed E-state index contributed by atoms with van der Waals surface area (Å²) in [5.74, 6) is 1.37. The minimum absolute atomic E-state index is 0.0942. The number of hydrogen-bond acceptors (Lipinski definition) is 5. The van der Waals surface area contributed by atoms with Crippen molar-refractivity contribution in [3.8, 4) is 11.5 Å². The van der Waals surface area contributed by atoms with Crippen LogP contribution in [0.15, 0.2) is 47.6 Å². The van der Waals surface area contributed by atoms with Crippen molar-refractivity contribution < 1.29 is 14.3 Å². The number of methoxy groups -OCH3 is 1. The van der Waals surface area contributed by atoms with Crippen LogP contribution in [0, 0.1) is 0 Å². The molecule has 0 spiro atoms. The Hall–Kier alpha value is -2.86. The number of hydrogen-bond donors (Lipinski definition) is 1. The van der Waals surface area contributed by atoms with E-state index in [-0.39, 0.29) is 12.0 Å². The van der Waals surface area contributed by atoms with E-state index < -0.39 is 0 Å². The molecule has 0 aliphatic carbocycles. The third-order valence-electron chi connectivity index (χ3n) is 5.10. The van der Waals surface area contributed by atoms with Gasteiger partial charge in [-0.25, -0.2) is 5.43 Å². The van der Waals surface area contributed by atoms with Gasteiger partial charge in [0.15, 0.2) is 0 Å². The van der Waals surface area contributed by atoms with Gasteiger partial charge in [0, 0.05) is 17.7 Å². The van der Waals surface area contributed by atoms with Gasteiger partial charge in [0.05, 0.1) is 18.9 Å². The molecule has 0 bridgehead atoms. The molecule has 6 heteroatoms. The SMILES string of the molecule is COc1ccc(/C(C)=N\NC(=O)c2ccc(OC(C)C)cc2)cc1CN1CCCC1. The van der Waals surface area contributed by atoms with Crippen LogP contribution in [0.1, 0.15) is 55.1 Å². The molecule has 0 unspecified atom stereocenters. The molecule has 2 aromatic rings. The van der Waals surface area contributed by atoms with E-state index in [1.807, 2.05) is 32.9 Å². The molecule has 0 atom stereocenters. The van der Waals surface area contributed by atoms with Gasteiger partial charge in [-0.2, -0.15) is 5.10 Å². The average Bonchev–Trinajstić information content (AvgIpc) is 3.25. The van der Waals surface area contributed by atoms with Crippen LogP contribution < -0.4 is 14.9 Å². The van der Waals surface area contributed by atoms with Gasteiger partial charge < -0.3 is 9.47 Å². The van der Waals surface area contributed by atoms with Gasteiger partial charge in [0.1, 0.15) is 11.5 Å². The number of nitrogens with one attached hydrogen (secondary N) is 1. The average molecular weight is 410 g/mol. The van der Waals surface area contributed by atoms with Crippen molar-refractivity contribution >= 4 is 11.6 Å². The number of hydrazone groups is 1. The summed E-state index contributed by atoms with van der Waals surface area (Å²) >= 11 is 0. The smallest absolute Gasteiger partial charge is 0.271 e. The molecule has 1 saturated heterocycles. The first-order valence-electron chi connectivity index (χ1n) is 10.5. The predicted molar refractivity (Wildman–Crippen MR) is 119 cm³/mol. The molecular formula is C24H31N3O3. The van der Waals surface area contributed by atoms with Crippen LogP contribution in [0.3, 0.4) is 0 Å². The molecular weight excluding hydrogens is 378 g/mol. The molecule has 1 heterocycles. The minimum Gasteiger partial charge on any atom is -0.496 e. The van der Waals surface area contributed by atoms with Crippen LogP contribution in [-0.4, -0.2) is 42.8 Å². The molecule has 30 heavy (non-hydrogen) atoms. The Morgan fingerprint density at radius 3 is 2.40 bits per heavy atom. The lowest BCUT2D eigenvalue weighted by Gasteiger charge is -2.17. The van der Waals surface area contributed by atoms with Gasteiger partial charge in [-0.15, -0.1) is 0 Å². The van der Waals surface area contributed by atoms with Crippen LogP contribution in [-0.2, 0) is 6.54 Å². The van der Waals surface area contributed by atoms with Gasteiger partial charge in [-0.1, -0.05) is 0 Å². The summed E-state index contributed by atoms with van der Waals surface area (Å²) in [6, 6.07) is 13.1. The molecule has 6 nitrogen and oxygen atoms in total. The summed E-state index contributed by atoms with van der Waals surface area (Å²) < 4.78 is 11.1. The maximum absolute atomic E-state index is 12.4. The Kier molecular flexibility index (Phi) is 7.46. The molecule has 3 rings (SSSR count). The van der Waals surface area contributed by atoms with Crippen molar-refractivity contribution in [2.45, 2.75) is 46.3 Å². The lowest BCUT2D eigenvalue weighted by atomic mass is 10.1. The van der Waals surface area contributed by atoms with E-state index in [0.717, 1.165) is 48.0 Å². The molecule has 0 radical (unpaired) electrons. The molecule has 160 valence electrons. The van der Waals surface area contributed by atoms with Gasteiger partial charge >= 0.3 is 0 Å². The summed E-state index contributed by atoms with van der Waals surface area (Å²) in [6.45, 7) is 8.93. The zero-order chi connectivity index (χ0) is 21.5. The van der Waals surface area contributed by atoms with Crippen molar-refractivity contribution in [1.29, 1.82) is 0 Å². The fourth-order valence-corrected chi connectivity index (χ4v) is 3.53. The number of amides is 1. The van der Waals surface area contributed by atoms with E-state index >= 15 is 0 Å². The van der Waals surface area contributed by atoms with Crippen molar-refractivity contribution in [2.75, 3.05) is 20.2 Å². The van der Waals surface area contributed by atoms with Crippen LogP contribution in [0.2, 0.25) is 0 Å². The Balaban J connectivity index is 1.67.